The first-order chi connectivity index (χ1) is 6.58. The molecular weight excluding hydrogens is 180 g/mol. The van der Waals surface area contributed by atoms with Gasteiger partial charge in [-0.3, -0.25) is 9.80 Å². The molecule has 81 valence electrons. The SMILES string of the molecule is CC(C)N1CC(OC2C([O])CN2C)C1. The quantitative estimate of drug-likeness (QED) is 0.650. The number of ether oxygens (including phenoxy) is 1. The Morgan fingerprint density at radius 3 is 2.36 bits per heavy atom. The summed E-state index contributed by atoms with van der Waals surface area (Å²) in [6.45, 7) is 6.96. The Hall–Kier alpha value is -0.160. The van der Waals surface area contributed by atoms with E-state index in [2.05, 4.69) is 18.7 Å². The third kappa shape index (κ3) is 1.80. The Morgan fingerprint density at radius 1 is 1.29 bits per heavy atom. The maximum absolute atomic E-state index is 11.2. The van der Waals surface area contributed by atoms with Gasteiger partial charge in [0, 0.05) is 25.7 Å². The van der Waals surface area contributed by atoms with E-state index in [0.29, 0.717) is 12.6 Å². The molecule has 0 saturated carbocycles. The normalized spacial score (nSPS) is 35.8. The molecule has 1 radical (unpaired) electrons. The summed E-state index contributed by atoms with van der Waals surface area (Å²) < 4.78 is 5.70. The largest absolute Gasteiger partial charge is 0.354 e. The predicted octanol–water partition coefficient (Wildman–Crippen LogP) is 0.166. The molecule has 0 aromatic heterocycles. The van der Waals surface area contributed by atoms with Crippen LogP contribution in [-0.4, -0.2) is 61.0 Å². The average Bonchev–Trinajstić information content (AvgIpc) is 2.00. The van der Waals surface area contributed by atoms with Crippen LogP contribution in [0.4, 0.5) is 0 Å². The van der Waals surface area contributed by atoms with Gasteiger partial charge in [0.1, 0.15) is 12.3 Å². The molecule has 2 fully saturated rings. The molecular formula is C10H19N2O2. The Kier molecular flexibility index (Phi) is 2.79. The topological polar surface area (TPSA) is 35.6 Å². The average molecular weight is 199 g/mol. The van der Waals surface area contributed by atoms with E-state index in [0.717, 1.165) is 13.1 Å². The Balaban J connectivity index is 1.69. The Labute approximate surface area is 85.4 Å². The molecule has 0 aromatic rings. The minimum Gasteiger partial charge on any atom is -0.354 e. The third-order valence-electron chi connectivity index (χ3n) is 3.16. The molecule has 2 saturated heterocycles. The number of hydrogen-bond donors (Lipinski definition) is 0. The van der Waals surface area contributed by atoms with Gasteiger partial charge in [-0.15, -0.1) is 0 Å². The van der Waals surface area contributed by atoms with Gasteiger partial charge in [0.05, 0.1) is 6.10 Å². The van der Waals surface area contributed by atoms with Crippen molar-refractivity contribution in [1.29, 1.82) is 0 Å². The van der Waals surface area contributed by atoms with Crippen molar-refractivity contribution < 1.29 is 9.84 Å². The van der Waals surface area contributed by atoms with Crippen LogP contribution in [0.3, 0.4) is 0 Å². The predicted molar refractivity (Wildman–Crippen MR) is 52.5 cm³/mol. The van der Waals surface area contributed by atoms with Crippen LogP contribution in [0.1, 0.15) is 13.8 Å². The van der Waals surface area contributed by atoms with E-state index in [1.54, 1.807) is 0 Å². The second-order valence-electron chi connectivity index (χ2n) is 4.67. The number of likely N-dealkylation sites (tertiary alicyclic amines) is 2. The molecule has 0 N–H and O–H groups in total. The lowest BCUT2D eigenvalue weighted by Crippen LogP contribution is -2.64. The molecule has 2 rings (SSSR count). The summed E-state index contributed by atoms with van der Waals surface area (Å²) in [5.41, 5.74) is 0. The molecule has 2 atom stereocenters. The van der Waals surface area contributed by atoms with Crippen LogP contribution in [0.15, 0.2) is 0 Å². The van der Waals surface area contributed by atoms with E-state index < -0.39 is 6.10 Å². The highest BCUT2D eigenvalue weighted by molar-refractivity contribution is 4.88. The molecule has 2 unspecified atom stereocenters. The van der Waals surface area contributed by atoms with Crippen LogP contribution in [0.2, 0.25) is 0 Å². The minimum atomic E-state index is -0.534. The van der Waals surface area contributed by atoms with Gasteiger partial charge in [0.2, 0.25) is 0 Å². The van der Waals surface area contributed by atoms with Gasteiger partial charge in [-0.25, -0.2) is 5.11 Å². The van der Waals surface area contributed by atoms with Crippen molar-refractivity contribution in [2.24, 2.45) is 0 Å². The van der Waals surface area contributed by atoms with E-state index in [4.69, 9.17) is 4.74 Å². The zero-order chi connectivity index (χ0) is 10.3. The smallest absolute Gasteiger partial charge is 0.145 e. The maximum Gasteiger partial charge on any atom is 0.145 e. The van der Waals surface area contributed by atoms with Crippen molar-refractivity contribution in [3.05, 3.63) is 0 Å². The molecule has 0 bridgehead atoms. The molecule has 2 aliphatic rings. The summed E-state index contributed by atoms with van der Waals surface area (Å²) in [4.78, 5) is 4.33. The van der Waals surface area contributed by atoms with Gasteiger partial charge in [0.15, 0.2) is 0 Å². The minimum absolute atomic E-state index is 0.172. The second kappa shape index (κ2) is 3.77. The first-order valence-corrected chi connectivity index (χ1v) is 5.33. The van der Waals surface area contributed by atoms with Gasteiger partial charge < -0.3 is 4.74 Å². The number of likely N-dealkylation sites (N-methyl/N-ethyl adjacent to an activating group) is 1. The first kappa shape index (κ1) is 10.4. The highest BCUT2D eigenvalue weighted by atomic mass is 16.5. The van der Waals surface area contributed by atoms with Gasteiger partial charge in [-0.1, -0.05) is 0 Å². The standard InChI is InChI=1S/C10H19N2O2/c1-7(2)12-4-8(5-12)14-10-9(13)6-11(10)3/h7-10H,4-6H2,1-3H3. The lowest BCUT2D eigenvalue weighted by Gasteiger charge is -2.48. The van der Waals surface area contributed by atoms with Gasteiger partial charge in [0.25, 0.3) is 0 Å². The van der Waals surface area contributed by atoms with Crippen molar-refractivity contribution in [2.75, 3.05) is 26.7 Å². The molecule has 0 amide bonds. The van der Waals surface area contributed by atoms with Crippen molar-refractivity contribution in [3.8, 4) is 0 Å². The summed E-state index contributed by atoms with van der Waals surface area (Å²) in [5.74, 6) is 0. The van der Waals surface area contributed by atoms with Crippen LogP contribution in [0, 0.1) is 0 Å². The summed E-state index contributed by atoms with van der Waals surface area (Å²) in [6, 6.07) is 0.594. The Morgan fingerprint density at radius 2 is 1.93 bits per heavy atom. The van der Waals surface area contributed by atoms with Crippen LogP contribution >= 0.6 is 0 Å². The summed E-state index contributed by atoms with van der Waals surface area (Å²) in [6.07, 6.45) is -0.427. The molecule has 14 heavy (non-hydrogen) atoms. The van der Waals surface area contributed by atoms with Crippen LogP contribution in [0.5, 0.6) is 0 Å². The van der Waals surface area contributed by atoms with Crippen LogP contribution < -0.4 is 0 Å². The molecule has 0 spiro atoms. The van der Waals surface area contributed by atoms with Crippen molar-refractivity contribution in [3.63, 3.8) is 0 Å². The molecule has 2 heterocycles. The van der Waals surface area contributed by atoms with E-state index in [1.807, 2.05) is 11.9 Å². The third-order valence-corrected chi connectivity index (χ3v) is 3.16. The second-order valence-corrected chi connectivity index (χ2v) is 4.67. The fourth-order valence-corrected chi connectivity index (χ4v) is 1.99. The van der Waals surface area contributed by atoms with Gasteiger partial charge >= 0.3 is 0 Å². The summed E-state index contributed by atoms with van der Waals surface area (Å²) in [7, 11) is 1.94. The van der Waals surface area contributed by atoms with E-state index in [1.165, 1.54) is 0 Å². The van der Waals surface area contributed by atoms with Crippen molar-refractivity contribution in [2.45, 2.75) is 38.3 Å². The first-order valence-electron chi connectivity index (χ1n) is 5.33. The highest BCUT2D eigenvalue weighted by Gasteiger charge is 2.41. The lowest BCUT2D eigenvalue weighted by atomic mass is 10.1. The van der Waals surface area contributed by atoms with Gasteiger partial charge in [-0.2, -0.15) is 0 Å². The van der Waals surface area contributed by atoms with Crippen LogP contribution in [0.25, 0.3) is 0 Å². The molecule has 0 aromatic carbocycles. The van der Waals surface area contributed by atoms with E-state index >= 15 is 0 Å². The van der Waals surface area contributed by atoms with Crippen LogP contribution in [-0.2, 0) is 9.84 Å². The maximum atomic E-state index is 11.2. The van der Waals surface area contributed by atoms with Crippen molar-refractivity contribution >= 4 is 0 Å². The zero-order valence-electron chi connectivity index (χ0n) is 9.14. The van der Waals surface area contributed by atoms with Gasteiger partial charge in [-0.05, 0) is 20.9 Å². The van der Waals surface area contributed by atoms with E-state index in [9.17, 15) is 5.11 Å². The van der Waals surface area contributed by atoms with Crippen molar-refractivity contribution in [1.82, 2.24) is 9.80 Å². The summed E-state index contributed by atoms with van der Waals surface area (Å²) >= 11 is 0. The van der Waals surface area contributed by atoms with E-state index in [-0.39, 0.29) is 12.3 Å². The Bertz CT molecular complexity index is 196. The monoisotopic (exact) mass is 199 g/mol. The molecule has 4 nitrogen and oxygen atoms in total. The fraction of sp³-hybridized carbons (Fsp3) is 1.00. The molecule has 4 heteroatoms. The summed E-state index contributed by atoms with van der Waals surface area (Å²) in [5, 5.41) is 11.2. The number of nitrogens with zero attached hydrogens (tertiary/aromatic N) is 2. The fourth-order valence-electron chi connectivity index (χ4n) is 1.99. The lowest BCUT2D eigenvalue weighted by molar-refractivity contribution is -0.247. The molecule has 2 aliphatic heterocycles. The highest BCUT2D eigenvalue weighted by Crippen LogP contribution is 2.23. The zero-order valence-corrected chi connectivity index (χ0v) is 9.14. The molecule has 0 aliphatic carbocycles. The number of hydrogen-bond acceptors (Lipinski definition) is 3. The number of rotatable bonds is 3.